The van der Waals surface area contributed by atoms with Gasteiger partial charge in [-0.3, -0.25) is 0 Å². The zero-order chi connectivity index (χ0) is 12.4. The Bertz CT molecular complexity index is 395. The smallest absolute Gasteiger partial charge is 0.234 e. The molecule has 2 aliphatic heterocycles. The first-order valence-corrected chi connectivity index (χ1v) is 8.05. The highest BCUT2D eigenvalue weighted by Gasteiger charge is 2.39. The fourth-order valence-corrected chi connectivity index (χ4v) is 4.14. The van der Waals surface area contributed by atoms with Crippen molar-refractivity contribution in [3.63, 3.8) is 0 Å². The van der Waals surface area contributed by atoms with Crippen molar-refractivity contribution in [2.24, 2.45) is 0 Å². The van der Waals surface area contributed by atoms with E-state index in [1.807, 2.05) is 11.8 Å². The summed E-state index contributed by atoms with van der Waals surface area (Å²) in [6.07, 6.45) is 6.00. The standard InChI is InChI=1S/C13H21N3OS/c1-2-13(6-7-14-9-13)12-15-11(16-17-12)10-5-3-4-8-18-10/h10,14H,2-9H2,1H3. The summed E-state index contributed by atoms with van der Waals surface area (Å²) in [7, 11) is 0. The van der Waals surface area contributed by atoms with Gasteiger partial charge in [-0.15, -0.1) is 0 Å². The number of nitrogens with zero attached hydrogens (tertiary/aromatic N) is 2. The van der Waals surface area contributed by atoms with Crippen LogP contribution in [0.5, 0.6) is 0 Å². The molecule has 2 saturated heterocycles. The summed E-state index contributed by atoms with van der Waals surface area (Å²) in [4.78, 5) is 4.72. The van der Waals surface area contributed by atoms with E-state index < -0.39 is 0 Å². The maximum atomic E-state index is 5.58. The van der Waals surface area contributed by atoms with Gasteiger partial charge in [0.2, 0.25) is 5.89 Å². The zero-order valence-electron chi connectivity index (χ0n) is 10.9. The molecule has 18 heavy (non-hydrogen) atoms. The van der Waals surface area contributed by atoms with E-state index in [0.29, 0.717) is 5.25 Å². The Hall–Kier alpha value is -0.550. The molecule has 1 aromatic heterocycles. The van der Waals surface area contributed by atoms with Crippen molar-refractivity contribution in [2.45, 2.75) is 49.7 Å². The van der Waals surface area contributed by atoms with Crippen LogP contribution < -0.4 is 5.32 Å². The number of rotatable bonds is 3. The van der Waals surface area contributed by atoms with Crippen LogP contribution >= 0.6 is 11.8 Å². The first-order valence-electron chi connectivity index (χ1n) is 7.00. The molecular weight excluding hydrogens is 246 g/mol. The third kappa shape index (κ3) is 2.18. The topological polar surface area (TPSA) is 51.0 Å². The Morgan fingerprint density at radius 1 is 1.50 bits per heavy atom. The second kappa shape index (κ2) is 5.21. The van der Waals surface area contributed by atoms with Crippen molar-refractivity contribution in [3.8, 4) is 0 Å². The van der Waals surface area contributed by atoms with E-state index in [0.717, 1.165) is 37.6 Å². The summed E-state index contributed by atoms with van der Waals surface area (Å²) < 4.78 is 5.58. The predicted molar refractivity (Wildman–Crippen MR) is 72.8 cm³/mol. The van der Waals surface area contributed by atoms with Crippen molar-refractivity contribution < 1.29 is 4.52 Å². The monoisotopic (exact) mass is 267 g/mol. The largest absolute Gasteiger partial charge is 0.339 e. The van der Waals surface area contributed by atoms with E-state index in [2.05, 4.69) is 17.4 Å². The molecule has 1 aromatic rings. The molecule has 1 N–H and O–H groups in total. The third-order valence-corrected chi connectivity index (χ3v) is 5.66. The Morgan fingerprint density at radius 3 is 3.11 bits per heavy atom. The average Bonchev–Trinajstić information content (AvgIpc) is 3.09. The summed E-state index contributed by atoms with van der Waals surface area (Å²) in [6, 6.07) is 0. The molecule has 2 aliphatic rings. The number of nitrogens with one attached hydrogen (secondary N) is 1. The Kier molecular flexibility index (Phi) is 3.61. The van der Waals surface area contributed by atoms with Crippen LogP contribution in [0.25, 0.3) is 0 Å². The van der Waals surface area contributed by atoms with E-state index >= 15 is 0 Å². The van der Waals surface area contributed by atoms with Crippen LogP contribution in [0.4, 0.5) is 0 Å². The second-order valence-corrected chi connectivity index (χ2v) is 6.68. The molecule has 3 heterocycles. The SMILES string of the molecule is CCC1(c2nc(C3CCCCS3)no2)CCNC1. The zero-order valence-corrected chi connectivity index (χ0v) is 11.8. The summed E-state index contributed by atoms with van der Waals surface area (Å²) in [6.45, 7) is 4.25. The van der Waals surface area contributed by atoms with Crippen molar-refractivity contribution in [2.75, 3.05) is 18.8 Å². The lowest BCUT2D eigenvalue weighted by atomic mass is 9.84. The van der Waals surface area contributed by atoms with Crippen molar-refractivity contribution in [3.05, 3.63) is 11.7 Å². The Morgan fingerprint density at radius 2 is 2.44 bits per heavy atom. The molecule has 0 amide bonds. The molecule has 5 heteroatoms. The first kappa shape index (κ1) is 12.5. The third-order valence-electron chi connectivity index (χ3n) is 4.28. The van der Waals surface area contributed by atoms with E-state index in [-0.39, 0.29) is 5.41 Å². The highest BCUT2D eigenvalue weighted by molar-refractivity contribution is 7.99. The molecule has 4 nitrogen and oxygen atoms in total. The lowest BCUT2D eigenvalue weighted by molar-refractivity contribution is 0.283. The molecule has 0 radical (unpaired) electrons. The second-order valence-electron chi connectivity index (χ2n) is 5.37. The van der Waals surface area contributed by atoms with Gasteiger partial charge in [0, 0.05) is 6.54 Å². The summed E-state index contributed by atoms with van der Waals surface area (Å²) >= 11 is 1.98. The minimum absolute atomic E-state index is 0.0879. The van der Waals surface area contributed by atoms with Gasteiger partial charge in [-0.2, -0.15) is 16.7 Å². The highest BCUT2D eigenvalue weighted by atomic mass is 32.2. The van der Waals surface area contributed by atoms with Gasteiger partial charge in [0.1, 0.15) is 0 Å². The molecule has 100 valence electrons. The predicted octanol–water partition coefficient (Wildman–Crippen LogP) is 2.67. The van der Waals surface area contributed by atoms with E-state index in [1.54, 1.807) is 0 Å². The van der Waals surface area contributed by atoms with Crippen LogP contribution in [0.15, 0.2) is 4.52 Å². The van der Waals surface area contributed by atoms with Gasteiger partial charge >= 0.3 is 0 Å². The fourth-order valence-electron chi connectivity index (χ4n) is 2.90. The fraction of sp³-hybridized carbons (Fsp3) is 0.846. The molecule has 0 bridgehead atoms. The molecule has 0 aliphatic carbocycles. The summed E-state index contributed by atoms with van der Waals surface area (Å²) in [5.74, 6) is 3.01. The van der Waals surface area contributed by atoms with Gasteiger partial charge in [-0.1, -0.05) is 18.5 Å². The van der Waals surface area contributed by atoms with E-state index in [9.17, 15) is 0 Å². The minimum Gasteiger partial charge on any atom is -0.339 e. The van der Waals surface area contributed by atoms with Crippen LogP contribution in [0, 0.1) is 0 Å². The van der Waals surface area contributed by atoms with Crippen LogP contribution in [-0.4, -0.2) is 29.0 Å². The van der Waals surface area contributed by atoms with Gasteiger partial charge in [0.15, 0.2) is 5.82 Å². The summed E-state index contributed by atoms with van der Waals surface area (Å²) in [5.41, 5.74) is 0.0879. The maximum absolute atomic E-state index is 5.58. The number of thioether (sulfide) groups is 1. The molecule has 0 aromatic carbocycles. The van der Waals surface area contributed by atoms with Crippen LogP contribution in [0.2, 0.25) is 0 Å². The molecule has 2 atom stereocenters. The van der Waals surface area contributed by atoms with Gasteiger partial charge in [-0.25, -0.2) is 0 Å². The lowest BCUT2D eigenvalue weighted by Crippen LogP contribution is -2.28. The average molecular weight is 267 g/mol. The summed E-state index contributed by atoms with van der Waals surface area (Å²) in [5, 5.41) is 8.12. The molecule has 0 saturated carbocycles. The van der Waals surface area contributed by atoms with Crippen LogP contribution in [-0.2, 0) is 5.41 Å². The van der Waals surface area contributed by atoms with E-state index in [1.165, 1.54) is 25.0 Å². The van der Waals surface area contributed by atoms with Crippen molar-refractivity contribution in [1.29, 1.82) is 0 Å². The number of aromatic nitrogens is 2. The Labute approximate surface area is 112 Å². The quantitative estimate of drug-likeness (QED) is 0.912. The van der Waals surface area contributed by atoms with E-state index in [4.69, 9.17) is 9.51 Å². The van der Waals surface area contributed by atoms with Crippen LogP contribution in [0.3, 0.4) is 0 Å². The first-order chi connectivity index (χ1) is 8.84. The molecule has 2 unspecified atom stereocenters. The van der Waals surface area contributed by atoms with Gasteiger partial charge < -0.3 is 9.84 Å². The highest BCUT2D eigenvalue weighted by Crippen LogP contribution is 2.39. The lowest BCUT2D eigenvalue weighted by Gasteiger charge is -2.21. The maximum Gasteiger partial charge on any atom is 0.234 e. The van der Waals surface area contributed by atoms with Gasteiger partial charge in [-0.05, 0) is 38.0 Å². The molecular formula is C13H21N3OS. The van der Waals surface area contributed by atoms with Crippen molar-refractivity contribution >= 4 is 11.8 Å². The van der Waals surface area contributed by atoms with Gasteiger partial charge in [0.05, 0.1) is 10.7 Å². The Balaban J connectivity index is 1.79. The number of hydrogen-bond donors (Lipinski definition) is 1. The van der Waals surface area contributed by atoms with Crippen LogP contribution in [0.1, 0.15) is 56.0 Å². The molecule has 3 rings (SSSR count). The molecule has 2 fully saturated rings. The number of hydrogen-bond acceptors (Lipinski definition) is 5. The van der Waals surface area contributed by atoms with Gasteiger partial charge in [0.25, 0.3) is 0 Å². The van der Waals surface area contributed by atoms with Crippen molar-refractivity contribution in [1.82, 2.24) is 15.5 Å². The normalized spacial score (nSPS) is 32.8. The minimum atomic E-state index is 0.0879. The molecule has 0 spiro atoms.